The molecule has 4 nitrogen and oxygen atoms in total. The second-order valence-corrected chi connectivity index (χ2v) is 5.68. The van der Waals surface area contributed by atoms with Gasteiger partial charge in [0.25, 0.3) is 0 Å². The molecule has 0 fully saturated rings. The Balaban J connectivity index is 2.13. The number of rotatable bonds is 3. The quantitative estimate of drug-likeness (QED) is 0.575. The summed E-state index contributed by atoms with van der Waals surface area (Å²) in [4.78, 5) is 12.2. The lowest BCUT2D eigenvalue weighted by Gasteiger charge is -2.06. The van der Waals surface area contributed by atoms with Crippen LogP contribution in [-0.2, 0) is 0 Å². The van der Waals surface area contributed by atoms with Gasteiger partial charge in [-0.25, -0.2) is 9.97 Å². The predicted octanol–water partition coefficient (Wildman–Crippen LogP) is 3.40. The number of benzene rings is 1. The molecular weight excluding hydrogens is 292 g/mol. The van der Waals surface area contributed by atoms with E-state index in [1.807, 2.05) is 18.2 Å². The van der Waals surface area contributed by atoms with E-state index in [1.54, 1.807) is 6.20 Å². The third kappa shape index (κ3) is 2.76. The number of aromatic nitrogens is 3. The standard InChI is InChI=1S/C17H16N4S/c1-10-5-6-12(11(2)8-10)9-13(15(18)22)16-20-14-4-3-7-19-17(14)21-16/h3-9H,1-2H3,(H2,18,22)(H,19,20,21)/b13-9-. The molecular formula is C17H16N4S. The summed E-state index contributed by atoms with van der Waals surface area (Å²) in [6.45, 7) is 4.14. The first-order valence-electron chi connectivity index (χ1n) is 6.94. The summed E-state index contributed by atoms with van der Waals surface area (Å²) in [5, 5.41) is 0. The van der Waals surface area contributed by atoms with Crippen LogP contribution < -0.4 is 5.73 Å². The number of fused-ring (bicyclic) bond motifs is 1. The Kier molecular flexibility index (Phi) is 3.73. The normalized spacial score (nSPS) is 11.8. The zero-order valence-corrected chi connectivity index (χ0v) is 13.2. The fraction of sp³-hybridized carbons (Fsp3) is 0.118. The Morgan fingerprint density at radius 2 is 2.09 bits per heavy atom. The van der Waals surface area contributed by atoms with Crippen LogP contribution in [0.25, 0.3) is 22.8 Å². The topological polar surface area (TPSA) is 67.6 Å². The molecule has 110 valence electrons. The lowest BCUT2D eigenvalue weighted by Crippen LogP contribution is -2.11. The van der Waals surface area contributed by atoms with E-state index in [4.69, 9.17) is 18.0 Å². The SMILES string of the molecule is Cc1ccc(/C=C(/C(N)=S)c2nc3ncccc3[nH]2)c(C)c1. The summed E-state index contributed by atoms with van der Waals surface area (Å²) in [5.74, 6) is 0.640. The van der Waals surface area contributed by atoms with Crippen molar-refractivity contribution in [1.29, 1.82) is 0 Å². The van der Waals surface area contributed by atoms with Gasteiger partial charge < -0.3 is 10.7 Å². The van der Waals surface area contributed by atoms with Gasteiger partial charge in [-0.2, -0.15) is 0 Å². The smallest absolute Gasteiger partial charge is 0.178 e. The van der Waals surface area contributed by atoms with Crippen molar-refractivity contribution in [1.82, 2.24) is 15.0 Å². The highest BCUT2D eigenvalue weighted by molar-refractivity contribution is 7.81. The van der Waals surface area contributed by atoms with Gasteiger partial charge >= 0.3 is 0 Å². The Labute approximate surface area is 134 Å². The van der Waals surface area contributed by atoms with Crippen molar-refractivity contribution in [3.8, 4) is 0 Å². The van der Waals surface area contributed by atoms with Gasteiger partial charge in [-0.3, -0.25) is 0 Å². The van der Waals surface area contributed by atoms with Gasteiger partial charge in [-0.1, -0.05) is 36.0 Å². The number of thiocarbonyl (C=S) groups is 1. The van der Waals surface area contributed by atoms with Crippen molar-refractivity contribution in [2.75, 3.05) is 0 Å². The highest BCUT2D eigenvalue weighted by Crippen LogP contribution is 2.21. The Bertz CT molecular complexity index is 860. The lowest BCUT2D eigenvalue weighted by atomic mass is 10.0. The summed E-state index contributed by atoms with van der Waals surface area (Å²) in [6, 6.07) is 10.0. The van der Waals surface area contributed by atoms with Crippen LogP contribution in [0.5, 0.6) is 0 Å². The van der Waals surface area contributed by atoms with Crippen LogP contribution in [0, 0.1) is 13.8 Å². The van der Waals surface area contributed by atoms with Crippen molar-refractivity contribution in [2.24, 2.45) is 5.73 Å². The van der Waals surface area contributed by atoms with Crippen LogP contribution in [-0.4, -0.2) is 19.9 Å². The van der Waals surface area contributed by atoms with Crippen molar-refractivity contribution >= 4 is 40.0 Å². The predicted molar refractivity (Wildman–Crippen MR) is 94.5 cm³/mol. The summed E-state index contributed by atoms with van der Waals surface area (Å²) in [6.07, 6.45) is 3.68. The second-order valence-electron chi connectivity index (χ2n) is 5.24. The minimum atomic E-state index is 0.305. The van der Waals surface area contributed by atoms with Crippen LogP contribution in [0.3, 0.4) is 0 Å². The Morgan fingerprint density at radius 1 is 1.27 bits per heavy atom. The fourth-order valence-corrected chi connectivity index (χ4v) is 2.53. The van der Waals surface area contributed by atoms with Gasteiger partial charge in [-0.05, 0) is 43.2 Å². The van der Waals surface area contributed by atoms with Crippen LogP contribution in [0.4, 0.5) is 0 Å². The number of hydrogen-bond acceptors (Lipinski definition) is 3. The number of H-pyrrole nitrogens is 1. The molecule has 0 aliphatic rings. The molecule has 1 aromatic carbocycles. The summed E-state index contributed by atoms with van der Waals surface area (Å²) >= 11 is 5.20. The second kappa shape index (κ2) is 5.69. The molecule has 3 aromatic rings. The van der Waals surface area contributed by atoms with Gasteiger partial charge in [0.15, 0.2) is 5.65 Å². The van der Waals surface area contributed by atoms with Gasteiger partial charge in [0.2, 0.25) is 0 Å². The molecule has 0 atom stereocenters. The van der Waals surface area contributed by atoms with E-state index < -0.39 is 0 Å². The van der Waals surface area contributed by atoms with Crippen molar-refractivity contribution in [3.05, 3.63) is 59.0 Å². The molecule has 0 aliphatic carbocycles. The number of hydrogen-bond donors (Lipinski definition) is 2. The minimum Gasteiger partial charge on any atom is -0.389 e. The zero-order valence-electron chi connectivity index (χ0n) is 12.4. The molecule has 0 amide bonds. The molecule has 0 aliphatic heterocycles. The molecule has 3 N–H and O–H groups in total. The first kappa shape index (κ1) is 14.4. The minimum absolute atomic E-state index is 0.305. The molecule has 0 spiro atoms. The molecule has 2 aromatic heterocycles. The number of aryl methyl sites for hydroxylation is 2. The van der Waals surface area contributed by atoms with Crippen molar-refractivity contribution in [2.45, 2.75) is 13.8 Å². The maximum Gasteiger partial charge on any atom is 0.178 e. The fourth-order valence-electron chi connectivity index (χ4n) is 2.37. The van der Waals surface area contributed by atoms with E-state index in [9.17, 15) is 0 Å². The lowest BCUT2D eigenvalue weighted by molar-refractivity contribution is 1.26. The number of aromatic amines is 1. The van der Waals surface area contributed by atoms with Gasteiger partial charge in [0.1, 0.15) is 10.8 Å². The number of pyridine rings is 1. The van der Waals surface area contributed by atoms with E-state index in [0.717, 1.165) is 11.1 Å². The largest absolute Gasteiger partial charge is 0.389 e. The number of nitrogens with two attached hydrogens (primary N) is 1. The van der Waals surface area contributed by atoms with E-state index in [1.165, 1.54) is 11.1 Å². The Morgan fingerprint density at radius 3 is 2.77 bits per heavy atom. The molecule has 3 rings (SSSR count). The van der Waals surface area contributed by atoms with Crippen molar-refractivity contribution in [3.63, 3.8) is 0 Å². The van der Waals surface area contributed by atoms with E-state index in [0.29, 0.717) is 22.0 Å². The van der Waals surface area contributed by atoms with E-state index >= 15 is 0 Å². The van der Waals surface area contributed by atoms with Crippen LogP contribution >= 0.6 is 12.2 Å². The van der Waals surface area contributed by atoms with Crippen LogP contribution in [0.15, 0.2) is 36.5 Å². The molecule has 22 heavy (non-hydrogen) atoms. The maximum atomic E-state index is 5.90. The first-order valence-corrected chi connectivity index (χ1v) is 7.35. The summed E-state index contributed by atoms with van der Waals surface area (Å²) in [5.41, 5.74) is 11.6. The zero-order chi connectivity index (χ0) is 15.7. The maximum absolute atomic E-state index is 5.90. The average Bonchev–Trinajstić information content (AvgIpc) is 2.89. The molecule has 0 bridgehead atoms. The molecule has 2 heterocycles. The third-order valence-electron chi connectivity index (χ3n) is 3.50. The summed E-state index contributed by atoms with van der Waals surface area (Å²) in [7, 11) is 0. The molecule has 5 heteroatoms. The highest BCUT2D eigenvalue weighted by atomic mass is 32.1. The molecule has 0 unspecified atom stereocenters. The van der Waals surface area contributed by atoms with Gasteiger partial charge in [-0.15, -0.1) is 0 Å². The van der Waals surface area contributed by atoms with E-state index in [2.05, 4.69) is 47.0 Å². The molecule has 0 saturated carbocycles. The molecule has 0 radical (unpaired) electrons. The van der Waals surface area contributed by atoms with E-state index in [-0.39, 0.29) is 0 Å². The van der Waals surface area contributed by atoms with Crippen LogP contribution in [0.1, 0.15) is 22.5 Å². The highest BCUT2D eigenvalue weighted by Gasteiger charge is 2.12. The Hall–Kier alpha value is -2.53. The molecule has 0 saturated heterocycles. The number of imidazole rings is 1. The third-order valence-corrected chi connectivity index (χ3v) is 3.72. The van der Waals surface area contributed by atoms with Gasteiger partial charge in [0, 0.05) is 6.20 Å². The number of nitrogens with one attached hydrogen (secondary N) is 1. The average molecular weight is 308 g/mol. The van der Waals surface area contributed by atoms with Crippen LogP contribution in [0.2, 0.25) is 0 Å². The first-order chi connectivity index (χ1) is 10.5. The monoisotopic (exact) mass is 308 g/mol. The van der Waals surface area contributed by atoms with Gasteiger partial charge in [0.05, 0.1) is 11.1 Å². The van der Waals surface area contributed by atoms with Crippen molar-refractivity contribution < 1.29 is 0 Å². The number of nitrogens with zero attached hydrogens (tertiary/aromatic N) is 2. The summed E-state index contributed by atoms with van der Waals surface area (Å²) < 4.78 is 0.